The highest BCUT2D eigenvalue weighted by atomic mass is 16.3. The maximum Gasteiger partial charge on any atom is 0.222 e. The van der Waals surface area contributed by atoms with Gasteiger partial charge in [0.25, 0.3) is 0 Å². The van der Waals surface area contributed by atoms with Gasteiger partial charge in [-0.2, -0.15) is 0 Å². The molecule has 4 N–H and O–H groups in total. The number of unbranched alkanes of at least 4 members (excludes halogenated alkanes) is 24. The third-order valence-electron chi connectivity index (χ3n) is 8.79. The first kappa shape index (κ1) is 41.9. The summed E-state index contributed by atoms with van der Waals surface area (Å²) < 4.78 is 0. The molecule has 0 aromatic heterocycles. The van der Waals surface area contributed by atoms with Gasteiger partial charge < -0.3 is 15.7 Å². The molecular weight excluding hydrogens is 534 g/mol. The van der Waals surface area contributed by atoms with Crippen LogP contribution in [0.15, 0.2) is 0 Å². The Hall–Kier alpha value is -1.14. The van der Waals surface area contributed by atoms with Crippen molar-refractivity contribution >= 4 is 11.8 Å². The molecule has 0 saturated heterocycles. The highest BCUT2D eigenvalue weighted by Crippen LogP contribution is 2.15. The maximum absolute atomic E-state index is 12.8. The molecule has 0 radical (unpaired) electrons. The van der Waals surface area contributed by atoms with Crippen molar-refractivity contribution in [2.24, 2.45) is 0 Å². The van der Waals surface area contributed by atoms with Crippen LogP contribution in [0.5, 0.6) is 0 Å². The second kappa shape index (κ2) is 32.3. The van der Waals surface area contributed by atoms with Gasteiger partial charge in [0, 0.05) is 25.8 Å². The van der Waals surface area contributed by atoms with E-state index in [-0.39, 0.29) is 18.4 Å². The van der Waals surface area contributed by atoms with Gasteiger partial charge in [0.05, 0.1) is 6.61 Å². The molecule has 0 aliphatic heterocycles. The van der Waals surface area contributed by atoms with E-state index in [1.54, 1.807) is 0 Å². The first-order valence-electron chi connectivity index (χ1n) is 19.0. The van der Waals surface area contributed by atoms with Crippen molar-refractivity contribution < 1.29 is 14.7 Å². The minimum Gasteiger partial charge on any atom is -0.395 e. The van der Waals surface area contributed by atoms with Gasteiger partial charge in [-0.1, -0.05) is 175 Å². The zero-order valence-corrected chi connectivity index (χ0v) is 29.2. The summed E-state index contributed by atoms with van der Waals surface area (Å²) in [4.78, 5) is 25.6. The normalized spacial score (nSPS) is 11.6. The van der Waals surface area contributed by atoms with Crippen LogP contribution in [0.25, 0.3) is 0 Å². The summed E-state index contributed by atoms with van der Waals surface area (Å²) >= 11 is 0. The van der Waals surface area contributed by atoms with Crippen molar-refractivity contribution in [2.75, 3.05) is 13.2 Å². The Morgan fingerprint density at radius 3 is 1.00 bits per heavy atom. The average molecular weight is 610 g/mol. The molecule has 0 saturated carbocycles. The van der Waals surface area contributed by atoms with Crippen LogP contribution in [0.1, 0.15) is 207 Å². The van der Waals surface area contributed by atoms with Gasteiger partial charge in [-0.15, -0.1) is 0 Å². The van der Waals surface area contributed by atoms with Gasteiger partial charge in [0.1, 0.15) is 0 Å². The quantitative estimate of drug-likeness (QED) is 0.0432. The van der Waals surface area contributed by atoms with Gasteiger partial charge in [0.2, 0.25) is 11.8 Å². The lowest BCUT2D eigenvalue weighted by atomic mass is 10.0. The summed E-state index contributed by atoms with van der Waals surface area (Å²) in [6.07, 6.45) is 34.7. The largest absolute Gasteiger partial charge is 0.395 e. The predicted octanol–water partition coefficient (Wildman–Crippen LogP) is 9.83. The number of amides is 2. The minimum absolute atomic E-state index is 0.0448. The molecule has 43 heavy (non-hydrogen) atoms. The molecule has 0 aliphatic rings. The molecule has 6 heteroatoms. The van der Waals surface area contributed by atoms with Crippen LogP contribution in [-0.2, 0) is 9.59 Å². The van der Waals surface area contributed by atoms with Gasteiger partial charge >= 0.3 is 0 Å². The molecule has 0 aromatic carbocycles. The van der Waals surface area contributed by atoms with Crippen molar-refractivity contribution in [3.05, 3.63) is 0 Å². The Balaban J connectivity index is 4.04. The van der Waals surface area contributed by atoms with E-state index < -0.39 is 5.79 Å². The topological polar surface area (TPSA) is 90.5 Å². The lowest BCUT2D eigenvalue weighted by Crippen LogP contribution is -2.69. The van der Waals surface area contributed by atoms with E-state index >= 15 is 0 Å². The molecule has 256 valence electrons. The van der Waals surface area contributed by atoms with E-state index in [2.05, 4.69) is 29.8 Å². The number of aliphatic hydroxyl groups is 1. The second-order valence-corrected chi connectivity index (χ2v) is 13.0. The van der Waals surface area contributed by atoms with Gasteiger partial charge in [-0.3, -0.25) is 14.9 Å². The Labute approximate surface area is 268 Å². The molecule has 0 unspecified atom stereocenters. The molecule has 2 amide bonds. The number of hydrogen-bond donors (Lipinski definition) is 4. The molecule has 0 bridgehead atoms. The van der Waals surface area contributed by atoms with Crippen LogP contribution in [-0.4, -0.2) is 35.9 Å². The third-order valence-corrected chi connectivity index (χ3v) is 8.79. The van der Waals surface area contributed by atoms with E-state index in [1.807, 2.05) is 6.92 Å². The highest BCUT2D eigenvalue weighted by molar-refractivity contribution is 5.80. The van der Waals surface area contributed by atoms with Gasteiger partial charge in [-0.05, 0) is 12.8 Å². The van der Waals surface area contributed by atoms with Crippen LogP contribution in [0, 0.1) is 0 Å². The highest BCUT2D eigenvalue weighted by Gasteiger charge is 2.30. The summed E-state index contributed by atoms with van der Waals surface area (Å²) in [5.41, 5.74) is 0. The van der Waals surface area contributed by atoms with Crippen molar-refractivity contribution in [1.29, 1.82) is 0 Å². The zero-order valence-electron chi connectivity index (χ0n) is 29.2. The Morgan fingerprint density at radius 1 is 0.465 bits per heavy atom. The third kappa shape index (κ3) is 28.1. The fraction of sp³-hybridized carbons (Fsp3) is 0.946. The van der Waals surface area contributed by atoms with E-state index in [1.165, 1.54) is 141 Å². The second-order valence-electron chi connectivity index (χ2n) is 13.0. The maximum atomic E-state index is 12.8. The van der Waals surface area contributed by atoms with Crippen LogP contribution in [0.4, 0.5) is 0 Å². The molecule has 0 heterocycles. The number of nitrogens with one attached hydrogen (secondary N) is 3. The van der Waals surface area contributed by atoms with E-state index in [9.17, 15) is 14.7 Å². The van der Waals surface area contributed by atoms with E-state index in [4.69, 9.17) is 0 Å². The summed E-state index contributed by atoms with van der Waals surface area (Å²) in [5.74, 6) is -1.09. The van der Waals surface area contributed by atoms with E-state index in [0.29, 0.717) is 25.8 Å². The summed E-state index contributed by atoms with van der Waals surface area (Å²) in [5, 5.41) is 18.6. The van der Waals surface area contributed by atoms with Gasteiger partial charge in [-0.25, -0.2) is 0 Å². The molecule has 0 rings (SSSR count). The first-order chi connectivity index (χ1) is 21.0. The number of hydrogen-bond acceptors (Lipinski definition) is 4. The smallest absolute Gasteiger partial charge is 0.222 e. The van der Waals surface area contributed by atoms with Crippen LogP contribution in [0.2, 0.25) is 0 Å². The lowest BCUT2D eigenvalue weighted by Gasteiger charge is -2.36. The standard InChI is InChI=1S/C37H75N3O3/c1-4-7-9-11-13-15-17-19-21-23-25-27-29-31-35(42)39-37(6-3,38-33-34-41)40-36(43)32-30-28-26-24-22-20-18-16-14-12-10-8-5-2/h38,41H,4-34H2,1-3H3,(H,39,42)(H,40,43). The van der Waals surface area contributed by atoms with Crippen molar-refractivity contribution in [3.63, 3.8) is 0 Å². The summed E-state index contributed by atoms with van der Waals surface area (Å²) in [6, 6.07) is 0. The molecule has 0 atom stereocenters. The first-order valence-corrected chi connectivity index (χ1v) is 19.0. The predicted molar refractivity (Wildman–Crippen MR) is 185 cm³/mol. The monoisotopic (exact) mass is 610 g/mol. The number of carbonyl (C=O) groups excluding carboxylic acids is 2. The van der Waals surface area contributed by atoms with Crippen molar-refractivity contribution in [2.45, 2.75) is 213 Å². The van der Waals surface area contributed by atoms with E-state index in [0.717, 1.165) is 25.7 Å². The number of aliphatic hydroxyl groups excluding tert-OH is 1. The van der Waals surface area contributed by atoms with Crippen molar-refractivity contribution in [1.82, 2.24) is 16.0 Å². The van der Waals surface area contributed by atoms with Crippen molar-refractivity contribution in [3.8, 4) is 0 Å². The fourth-order valence-electron chi connectivity index (χ4n) is 5.90. The lowest BCUT2D eigenvalue weighted by molar-refractivity contribution is -0.128. The Morgan fingerprint density at radius 2 is 0.744 bits per heavy atom. The molecular formula is C37H75N3O3. The number of carbonyl (C=O) groups is 2. The summed E-state index contributed by atoms with van der Waals surface area (Å²) in [6.45, 7) is 6.74. The fourth-order valence-corrected chi connectivity index (χ4v) is 5.90. The minimum atomic E-state index is -0.996. The Kier molecular flexibility index (Phi) is 31.4. The average Bonchev–Trinajstić information content (AvgIpc) is 3.00. The Bertz CT molecular complexity index is 570. The molecule has 0 aliphatic carbocycles. The summed E-state index contributed by atoms with van der Waals surface area (Å²) in [7, 11) is 0. The van der Waals surface area contributed by atoms with Crippen LogP contribution in [0.3, 0.4) is 0 Å². The number of rotatable bonds is 34. The molecule has 0 aromatic rings. The molecule has 0 fully saturated rings. The zero-order chi connectivity index (χ0) is 31.7. The van der Waals surface area contributed by atoms with Gasteiger partial charge in [0.15, 0.2) is 5.79 Å². The van der Waals surface area contributed by atoms with Crippen LogP contribution >= 0.6 is 0 Å². The molecule has 0 spiro atoms. The molecule has 6 nitrogen and oxygen atoms in total. The van der Waals surface area contributed by atoms with Crippen LogP contribution < -0.4 is 16.0 Å². The SMILES string of the molecule is CCCCCCCCCCCCCCCC(=O)NC(CC)(NCCO)NC(=O)CCCCCCCCCCCCCCC.